The number of aliphatic hydroxyl groups excluding tert-OH is 1. The lowest BCUT2D eigenvalue weighted by atomic mass is 9.77. The molecular weight excluding hydrogens is 463 g/mol. The highest BCUT2D eigenvalue weighted by molar-refractivity contribution is 7.87. The number of anilines is 2. The second kappa shape index (κ2) is 7.89. The molecule has 2 aromatic rings. The minimum Gasteiger partial charge on any atom is -0.394 e. The first-order chi connectivity index (χ1) is 15.9. The summed E-state index contributed by atoms with van der Waals surface area (Å²) in [7, 11) is -1.15. The molecule has 0 amide bonds. The summed E-state index contributed by atoms with van der Waals surface area (Å²) in [6, 6.07) is 7.42. The van der Waals surface area contributed by atoms with E-state index in [1.54, 1.807) is 0 Å². The third kappa shape index (κ3) is 3.65. The van der Waals surface area contributed by atoms with Crippen LogP contribution in [0.5, 0.6) is 0 Å². The molecule has 3 atom stereocenters. The van der Waals surface area contributed by atoms with Crippen LogP contribution < -0.4 is 10.2 Å². The summed E-state index contributed by atoms with van der Waals surface area (Å²) >= 11 is 6.00. The summed E-state index contributed by atoms with van der Waals surface area (Å²) in [5, 5.41) is 14.1. The molecule has 3 heterocycles. The van der Waals surface area contributed by atoms with Crippen LogP contribution in [-0.2, 0) is 17.2 Å². The first-order valence-corrected chi connectivity index (χ1v) is 13.3. The maximum absolute atomic E-state index is 15.3. The van der Waals surface area contributed by atoms with Gasteiger partial charge in [0.2, 0.25) is 5.95 Å². The predicted octanol–water partition coefficient (Wildman–Crippen LogP) is 3.99. The van der Waals surface area contributed by atoms with Gasteiger partial charge in [0, 0.05) is 23.9 Å². The van der Waals surface area contributed by atoms with Crippen molar-refractivity contribution in [2.24, 2.45) is 0 Å². The average molecular weight is 491 g/mol. The molecule has 3 fully saturated rings. The minimum absolute atomic E-state index is 0.0118. The minimum atomic E-state index is -1.15. The molecule has 1 aromatic heterocycles. The van der Waals surface area contributed by atoms with Crippen LogP contribution in [0.15, 0.2) is 29.2 Å². The van der Waals surface area contributed by atoms with Gasteiger partial charge in [0.25, 0.3) is 0 Å². The molecule has 2 aliphatic carbocycles. The van der Waals surface area contributed by atoms with E-state index in [4.69, 9.17) is 21.6 Å². The van der Waals surface area contributed by atoms with E-state index in [-0.39, 0.29) is 23.8 Å². The second-order valence-electron chi connectivity index (χ2n) is 10.1. The lowest BCUT2D eigenvalue weighted by Gasteiger charge is -2.42. The van der Waals surface area contributed by atoms with Gasteiger partial charge in [0.15, 0.2) is 0 Å². The highest BCUT2D eigenvalue weighted by atomic mass is 35.5. The number of hydrogen-bond donors (Lipinski definition) is 2. The molecule has 9 heteroatoms. The highest BCUT2D eigenvalue weighted by Gasteiger charge is 2.56. The Kier molecular flexibility index (Phi) is 5.20. The fourth-order valence-electron chi connectivity index (χ4n) is 5.46. The van der Waals surface area contributed by atoms with Crippen LogP contribution in [0.25, 0.3) is 0 Å². The van der Waals surface area contributed by atoms with Crippen LogP contribution in [0.3, 0.4) is 0 Å². The first-order valence-electron chi connectivity index (χ1n) is 11.8. The van der Waals surface area contributed by atoms with Crippen molar-refractivity contribution in [1.29, 1.82) is 0 Å². The number of hydrogen-bond acceptors (Lipinski definition) is 6. The fraction of sp³-hybridized carbons (Fsp3) is 0.583. The molecule has 0 bridgehead atoms. The van der Waals surface area contributed by atoms with Gasteiger partial charge in [-0.2, -0.15) is 4.98 Å². The molecule has 2 N–H and O–H groups in total. The zero-order valence-corrected chi connectivity index (χ0v) is 20.0. The fourth-order valence-corrected chi connectivity index (χ4v) is 7.37. The number of piperidine rings is 1. The van der Waals surface area contributed by atoms with Gasteiger partial charge in [-0.15, -0.1) is 0 Å². The van der Waals surface area contributed by atoms with Crippen LogP contribution in [0.1, 0.15) is 55.7 Å². The van der Waals surface area contributed by atoms with Gasteiger partial charge >= 0.3 is 0 Å². The summed E-state index contributed by atoms with van der Waals surface area (Å²) in [4.78, 5) is 12.2. The Labute approximate surface area is 200 Å². The summed E-state index contributed by atoms with van der Waals surface area (Å²) in [5.41, 5.74) is 1.37. The Bertz CT molecular complexity index is 1100. The SMILES string of the molecule is O=[S@@]1c2c(nc(N3CCC(c4ccc(Cl)cc4)C(F)C3)nc2NC2(CO)CCC2)CC12CC2. The van der Waals surface area contributed by atoms with Crippen molar-refractivity contribution in [3.63, 3.8) is 0 Å². The molecule has 176 valence electrons. The Morgan fingerprint density at radius 1 is 1.21 bits per heavy atom. The van der Waals surface area contributed by atoms with Gasteiger partial charge in [-0.1, -0.05) is 23.7 Å². The van der Waals surface area contributed by atoms with E-state index < -0.39 is 22.5 Å². The number of halogens is 2. The van der Waals surface area contributed by atoms with E-state index in [2.05, 4.69) is 5.32 Å². The molecule has 4 aliphatic rings. The van der Waals surface area contributed by atoms with E-state index in [1.807, 2.05) is 29.2 Å². The second-order valence-corrected chi connectivity index (χ2v) is 12.4. The van der Waals surface area contributed by atoms with E-state index in [0.29, 0.717) is 41.1 Å². The normalized spacial score (nSPS) is 28.9. The molecule has 1 aromatic carbocycles. The van der Waals surface area contributed by atoms with Crippen molar-refractivity contribution in [2.45, 2.75) is 72.2 Å². The van der Waals surface area contributed by atoms with Crippen molar-refractivity contribution >= 4 is 34.2 Å². The number of alkyl halides is 1. The molecule has 6 nitrogen and oxygen atoms in total. The van der Waals surface area contributed by atoms with E-state index >= 15 is 4.39 Å². The van der Waals surface area contributed by atoms with Crippen molar-refractivity contribution < 1.29 is 13.7 Å². The maximum atomic E-state index is 15.3. The summed E-state index contributed by atoms with van der Waals surface area (Å²) < 4.78 is 28.4. The van der Waals surface area contributed by atoms with Gasteiger partial charge in [-0.3, -0.25) is 4.21 Å². The summed E-state index contributed by atoms with van der Waals surface area (Å²) in [5.74, 6) is 0.886. The van der Waals surface area contributed by atoms with Crippen LogP contribution in [0.2, 0.25) is 5.02 Å². The lowest BCUT2D eigenvalue weighted by molar-refractivity contribution is 0.143. The molecule has 1 saturated heterocycles. The summed E-state index contributed by atoms with van der Waals surface area (Å²) in [6.07, 6.45) is 4.93. The van der Waals surface area contributed by atoms with Crippen LogP contribution in [0, 0.1) is 0 Å². The molecule has 2 saturated carbocycles. The Balaban J connectivity index is 1.29. The zero-order valence-electron chi connectivity index (χ0n) is 18.4. The van der Waals surface area contributed by atoms with Crippen molar-refractivity contribution in [3.05, 3.63) is 40.5 Å². The van der Waals surface area contributed by atoms with Crippen LogP contribution in [0.4, 0.5) is 16.2 Å². The smallest absolute Gasteiger partial charge is 0.227 e. The predicted molar refractivity (Wildman–Crippen MR) is 127 cm³/mol. The Hall–Kier alpha value is -1.77. The molecule has 1 spiro atoms. The van der Waals surface area contributed by atoms with Gasteiger partial charge in [0.05, 0.1) is 39.9 Å². The van der Waals surface area contributed by atoms with Gasteiger partial charge in [-0.25, -0.2) is 9.37 Å². The molecular formula is C24H28ClFN4O2S. The highest BCUT2D eigenvalue weighted by Crippen LogP contribution is 2.54. The monoisotopic (exact) mass is 490 g/mol. The van der Waals surface area contributed by atoms with Crippen molar-refractivity contribution in [1.82, 2.24) is 9.97 Å². The Morgan fingerprint density at radius 3 is 2.58 bits per heavy atom. The van der Waals surface area contributed by atoms with E-state index in [9.17, 15) is 9.32 Å². The molecule has 6 rings (SSSR count). The quantitative estimate of drug-likeness (QED) is 0.660. The number of nitrogens with one attached hydrogen (secondary N) is 1. The third-order valence-corrected chi connectivity index (χ3v) is 10.3. The number of aliphatic hydroxyl groups is 1. The van der Waals surface area contributed by atoms with Crippen LogP contribution >= 0.6 is 11.6 Å². The number of benzene rings is 1. The number of nitrogens with zero attached hydrogens (tertiary/aromatic N) is 3. The molecule has 2 aliphatic heterocycles. The van der Waals surface area contributed by atoms with Crippen molar-refractivity contribution in [2.75, 3.05) is 29.9 Å². The van der Waals surface area contributed by atoms with E-state index in [1.165, 1.54) is 0 Å². The van der Waals surface area contributed by atoms with Gasteiger partial charge in [-0.05, 0) is 56.2 Å². The topological polar surface area (TPSA) is 78.4 Å². The number of fused-ring (bicyclic) bond motifs is 1. The first kappa shape index (κ1) is 21.7. The van der Waals surface area contributed by atoms with E-state index in [0.717, 1.165) is 43.4 Å². The number of rotatable bonds is 5. The zero-order chi connectivity index (χ0) is 22.8. The largest absolute Gasteiger partial charge is 0.394 e. The standard InChI is InChI=1S/C24H28ClFN4O2S/c25-16-4-2-15(3-5-16)17-6-11-30(13-18(17)26)22-27-19-12-24(9-10-24)33(32)20(19)21(28-22)29-23(14-31)7-1-8-23/h2-5,17-18,31H,1,6-14H2,(H,27,28,29)/t17?,18?,33-/m1/s1. The molecule has 0 radical (unpaired) electrons. The molecule has 33 heavy (non-hydrogen) atoms. The van der Waals surface area contributed by atoms with Crippen LogP contribution in [-0.4, -0.2) is 55.4 Å². The van der Waals surface area contributed by atoms with Gasteiger partial charge < -0.3 is 15.3 Å². The number of aromatic nitrogens is 2. The summed E-state index contributed by atoms with van der Waals surface area (Å²) in [6.45, 7) is 0.869. The third-order valence-electron chi connectivity index (χ3n) is 7.92. The van der Waals surface area contributed by atoms with Crippen molar-refractivity contribution in [3.8, 4) is 0 Å². The lowest BCUT2D eigenvalue weighted by Crippen LogP contribution is -2.49. The maximum Gasteiger partial charge on any atom is 0.227 e. The Morgan fingerprint density at radius 2 is 1.97 bits per heavy atom. The average Bonchev–Trinajstić information content (AvgIpc) is 3.51. The van der Waals surface area contributed by atoms with Gasteiger partial charge in [0.1, 0.15) is 16.9 Å². The molecule has 2 unspecified atom stereocenters.